The Bertz CT molecular complexity index is 733. The summed E-state index contributed by atoms with van der Waals surface area (Å²) in [5, 5.41) is 10.3. The number of carbonyl (C=O) groups is 1. The summed E-state index contributed by atoms with van der Waals surface area (Å²) in [6.07, 6.45) is 1.52. The van der Waals surface area contributed by atoms with Gasteiger partial charge in [0.25, 0.3) is 0 Å². The lowest BCUT2D eigenvalue weighted by Crippen LogP contribution is -2.40. The second-order valence-electron chi connectivity index (χ2n) is 7.43. The van der Waals surface area contributed by atoms with Crippen LogP contribution >= 0.6 is 0 Å². The van der Waals surface area contributed by atoms with Crippen molar-refractivity contribution >= 4 is 5.97 Å². The van der Waals surface area contributed by atoms with Crippen LogP contribution in [0.4, 0.5) is 0 Å². The van der Waals surface area contributed by atoms with Gasteiger partial charge in [0.2, 0.25) is 0 Å². The van der Waals surface area contributed by atoms with Crippen molar-refractivity contribution in [2.45, 2.75) is 58.7 Å². The number of ether oxygens (including phenoxy) is 1. The van der Waals surface area contributed by atoms with Crippen LogP contribution in [0.3, 0.4) is 0 Å². The van der Waals surface area contributed by atoms with Crippen molar-refractivity contribution in [1.29, 1.82) is 0 Å². The van der Waals surface area contributed by atoms with E-state index < -0.39 is 0 Å². The predicted octanol–water partition coefficient (Wildman–Crippen LogP) is 4.97. The number of carbonyl (C=O) groups excluding carboxylic acids is 1. The second kappa shape index (κ2) is 9.56. The normalized spacial score (nSPS) is 12.6. The molecule has 146 valence electrons. The number of aryl methyl sites for hydroxylation is 1. The molecule has 2 aromatic rings. The average molecular weight is 370 g/mol. The number of phenols is 1. The molecule has 1 atom stereocenters. The molecular formula is C23H31NO3. The van der Waals surface area contributed by atoms with Crippen LogP contribution in [0.25, 0.3) is 0 Å². The number of benzene rings is 2. The summed E-state index contributed by atoms with van der Waals surface area (Å²) in [6, 6.07) is 16.4. The molecule has 4 heteroatoms. The number of hydrogen-bond acceptors (Lipinski definition) is 4. The van der Waals surface area contributed by atoms with E-state index in [2.05, 4.69) is 56.9 Å². The predicted molar refractivity (Wildman–Crippen MR) is 109 cm³/mol. The van der Waals surface area contributed by atoms with Crippen molar-refractivity contribution < 1.29 is 14.6 Å². The van der Waals surface area contributed by atoms with Crippen LogP contribution in [0.1, 0.15) is 61.6 Å². The number of methoxy groups -OCH3 is 1. The Balaban J connectivity index is 2.30. The van der Waals surface area contributed by atoms with E-state index in [0.29, 0.717) is 24.1 Å². The van der Waals surface area contributed by atoms with Crippen molar-refractivity contribution in [3.8, 4) is 5.75 Å². The molecule has 27 heavy (non-hydrogen) atoms. The van der Waals surface area contributed by atoms with Crippen molar-refractivity contribution in [2.24, 2.45) is 0 Å². The topological polar surface area (TPSA) is 49.8 Å². The molecule has 4 nitrogen and oxygen atoms in total. The fraction of sp³-hybridized carbons (Fsp3) is 0.435. The van der Waals surface area contributed by atoms with E-state index in [0.717, 1.165) is 12.0 Å². The van der Waals surface area contributed by atoms with Crippen molar-refractivity contribution in [2.75, 3.05) is 7.11 Å². The van der Waals surface area contributed by atoms with Crippen LogP contribution in [0.15, 0.2) is 48.5 Å². The van der Waals surface area contributed by atoms with E-state index in [1.165, 1.54) is 12.7 Å². The number of nitrogens with zero attached hydrogens (tertiary/aromatic N) is 1. The van der Waals surface area contributed by atoms with Gasteiger partial charge < -0.3 is 9.84 Å². The summed E-state index contributed by atoms with van der Waals surface area (Å²) < 4.78 is 4.80. The minimum absolute atomic E-state index is 0.218. The highest BCUT2D eigenvalue weighted by Crippen LogP contribution is 2.31. The molecule has 0 amide bonds. The molecule has 0 saturated carbocycles. The van der Waals surface area contributed by atoms with E-state index in [-0.39, 0.29) is 17.8 Å². The van der Waals surface area contributed by atoms with Crippen molar-refractivity contribution in [3.05, 3.63) is 65.2 Å². The van der Waals surface area contributed by atoms with Crippen LogP contribution in [0.2, 0.25) is 0 Å². The third-order valence-electron chi connectivity index (χ3n) is 4.92. The fourth-order valence-electron chi connectivity index (χ4n) is 3.80. The SMILES string of the molecule is COC(=O)c1ccc(O)c(CCC(c2ccccc2)N(C(C)C)C(C)C)c1. The lowest BCUT2D eigenvalue weighted by Gasteiger charge is -2.38. The minimum Gasteiger partial charge on any atom is -0.508 e. The molecule has 0 fully saturated rings. The quantitative estimate of drug-likeness (QED) is 0.667. The first-order chi connectivity index (χ1) is 12.8. The average Bonchev–Trinajstić information content (AvgIpc) is 2.65. The Morgan fingerprint density at radius 1 is 1.04 bits per heavy atom. The highest BCUT2D eigenvalue weighted by molar-refractivity contribution is 5.89. The highest BCUT2D eigenvalue weighted by atomic mass is 16.5. The second-order valence-corrected chi connectivity index (χ2v) is 7.43. The molecule has 0 heterocycles. The van der Waals surface area contributed by atoms with E-state index >= 15 is 0 Å². The summed E-state index contributed by atoms with van der Waals surface area (Å²) in [5.41, 5.74) is 2.50. The van der Waals surface area contributed by atoms with Gasteiger partial charge in [-0.15, -0.1) is 0 Å². The van der Waals surface area contributed by atoms with Gasteiger partial charge >= 0.3 is 5.97 Å². The Morgan fingerprint density at radius 2 is 1.67 bits per heavy atom. The third-order valence-corrected chi connectivity index (χ3v) is 4.92. The molecule has 0 radical (unpaired) electrons. The van der Waals surface area contributed by atoms with Gasteiger partial charge in [0.05, 0.1) is 12.7 Å². The molecule has 0 aliphatic carbocycles. The summed E-state index contributed by atoms with van der Waals surface area (Å²) in [6.45, 7) is 8.85. The highest BCUT2D eigenvalue weighted by Gasteiger charge is 2.25. The number of esters is 1. The maximum absolute atomic E-state index is 11.8. The molecule has 2 aromatic carbocycles. The van der Waals surface area contributed by atoms with Crippen LogP contribution in [-0.2, 0) is 11.2 Å². The van der Waals surface area contributed by atoms with E-state index in [1.807, 2.05) is 6.07 Å². The maximum Gasteiger partial charge on any atom is 0.337 e. The van der Waals surface area contributed by atoms with Gasteiger partial charge in [0.15, 0.2) is 0 Å². The van der Waals surface area contributed by atoms with E-state index in [4.69, 9.17) is 4.74 Å². The molecule has 0 bridgehead atoms. The van der Waals surface area contributed by atoms with Gasteiger partial charge in [-0.2, -0.15) is 0 Å². The van der Waals surface area contributed by atoms with Gasteiger partial charge in [-0.25, -0.2) is 4.79 Å². The molecule has 1 N–H and O–H groups in total. The Labute approximate surface area is 162 Å². The Morgan fingerprint density at radius 3 is 2.22 bits per heavy atom. The molecule has 0 aliphatic rings. The summed E-state index contributed by atoms with van der Waals surface area (Å²) in [7, 11) is 1.36. The van der Waals surface area contributed by atoms with E-state index in [1.54, 1.807) is 18.2 Å². The number of rotatable bonds is 8. The van der Waals surface area contributed by atoms with Gasteiger partial charge in [-0.05, 0) is 69.9 Å². The number of phenolic OH excluding ortho intramolecular Hbond substituents is 1. The van der Waals surface area contributed by atoms with Crippen molar-refractivity contribution in [1.82, 2.24) is 4.90 Å². The van der Waals surface area contributed by atoms with Crippen LogP contribution in [0, 0.1) is 0 Å². The van der Waals surface area contributed by atoms with Gasteiger partial charge in [-0.1, -0.05) is 30.3 Å². The molecule has 1 unspecified atom stereocenters. The van der Waals surface area contributed by atoms with Gasteiger partial charge in [-0.3, -0.25) is 4.90 Å². The first-order valence-corrected chi connectivity index (χ1v) is 9.57. The number of aromatic hydroxyl groups is 1. The lowest BCUT2D eigenvalue weighted by atomic mass is 9.94. The standard InChI is InChI=1S/C23H31NO3/c1-16(2)24(17(3)4)21(18-9-7-6-8-10-18)13-11-19-15-20(23(26)27-5)12-14-22(19)25/h6-10,12,14-17,21,25H,11,13H2,1-5H3. The lowest BCUT2D eigenvalue weighted by molar-refractivity contribution is 0.0600. The largest absolute Gasteiger partial charge is 0.508 e. The summed E-state index contributed by atoms with van der Waals surface area (Å²) in [4.78, 5) is 14.3. The Kier molecular flexibility index (Phi) is 7.43. The van der Waals surface area contributed by atoms with Crippen molar-refractivity contribution in [3.63, 3.8) is 0 Å². The third kappa shape index (κ3) is 5.33. The zero-order valence-electron chi connectivity index (χ0n) is 17.0. The fourth-order valence-corrected chi connectivity index (χ4v) is 3.80. The first-order valence-electron chi connectivity index (χ1n) is 9.57. The van der Waals surface area contributed by atoms with E-state index in [9.17, 15) is 9.90 Å². The zero-order chi connectivity index (χ0) is 20.0. The molecule has 0 spiro atoms. The zero-order valence-corrected chi connectivity index (χ0v) is 17.0. The minimum atomic E-state index is -0.387. The van der Waals surface area contributed by atoms with Gasteiger partial charge in [0.1, 0.15) is 5.75 Å². The Hall–Kier alpha value is -2.33. The number of hydrogen-bond donors (Lipinski definition) is 1. The molecule has 0 saturated heterocycles. The first kappa shape index (κ1) is 21.0. The van der Waals surface area contributed by atoms with Crippen LogP contribution in [0.5, 0.6) is 5.75 Å². The molecule has 2 rings (SSSR count). The summed E-state index contributed by atoms with van der Waals surface area (Å²) >= 11 is 0. The maximum atomic E-state index is 11.8. The van der Waals surface area contributed by atoms with Crippen LogP contribution in [-0.4, -0.2) is 35.2 Å². The smallest absolute Gasteiger partial charge is 0.337 e. The summed E-state index contributed by atoms with van der Waals surface area (Å²) in [5.74, 6) is -0.169. The molecule has 0 aromatic heterocycles. The van der Waals surface area contributed by atoms with Gasteiger partial charge in [0, 0.05) is 18.1 Å². The monoisotopic (exact) mass is 369 g/mol. The molecular weight excluding hydrogens is 338 g/mol. The van der Waals surface area contributed by atoms with Crippen LogP contribution < -0.4 is 0 Å². The molecule has 0 aliphatic heterocycles.